The van der Waals surface area contributed by atoms with Gasteiger partial charge in [-0.05, 0) is 44.2 Å². The Morgan fingerprint density at radius 3 is 2.52 bits per heavy atom. The van der Waals surface area contributed by atoms with Crippen molar-refractivity contribution in [2.45, 2.75) is 20.0 Å². The Morgan fingerprint density at radius 1 is 1.09 bits per heavy atom. The number of nitrogens with one attached hydrogen (secondary N) is 1. The van der Waals surface area contributed by atoms with E-state index in [1.54, 1.807) is 50.2 Å². The molecule has 0 spiro atoms. The molecule has 2 aromatic carbocycles. The number of rotatable bonds is 6. The molecule has 0 saturated heterocycles. The highest BCUT2D eigenvalue weighted by molar-refractivity contribution is 5.96. The Balaban J connectivity index is 1.99. The molecule has 2 rings (SSSR count). The van der Waals surface area contributed by atoms with E-state index < -0.39 is 12.1 Å². The molecule has 5 nitrogen and oxygen atoms in total. The number of carbonyl (C=O) groups is 2. The van der Waals surface area contributed by atoms with Crippen molar-refractivity contribution < 1.29 is 19.1 Å². The summed E-state index contributed by atoms with van der Waals surface area (Å²) in [5.74, 6) is -0.0949. The third-order valence-corrected chi connectivity index (χ3v) is 3.07. The number of benzene rings is 2. The summed E-state index contributed by atoms with van der Waals surface area (Å²) in [6.45, 7) is 3.71. The first kappa shape index (κ1) is 16.5. The van der Waals surface area contributed by atoms with E-state index in [9.17, 15) is 9.59 Å². The van der Waals surface area contributed by atoms with Crippen molar-refractivity contribution in [1.29, 1.82) is 0 Å². The van der Waals surface area contributed by atoms with E-state index >= 15 is 0 Å². The minimum Gasteiger partial charge on any atom is -0.481 e. The second-order valence-corrected chi connectivity index (χ2v) is 4.86. The summed E-state index contributed by atoms with van der Waals surface area (Å²) in [5, 5.41) is 2.73. The van der Waals surface area contributed by atoms with Gasteiger partial charge in [0.25, 0.3) is 5.91 Å². The molecule has 0 bridgehead atoms. The highest BCUT2D eigenvalue weighted by atomic mass is 16.5. The van der Waals surface area contributed by atoms with Gasteiger partial charge in [0.05, 0.1) is 12.2 Å². The fourth-order valence-electron chi connectivity index (χ4n) is 1.94. The molecule has 1 amide bonds. The second-order valence-electron chi connectivity index (χ2n) is 4.86. The van der Waals surface area contributed by atoms with Gasteiger partial charge in [-0.3, -0.25) is 4.79 Å². The number of ether oxygens (including phenoxy) is 2. The topological polar surface area (TPSA) is 64.6 Å². The first-order valence-corrected chi connectivity index (χ1v) is 7.40. The predicted molar refractivity (Wildman–Crippen MR) is 87.6 cm³/mol. The molecule has 0 saturated carbocycles. The Bertz CT molecular complexity index is 670. The van der Waals surface area contributed by atoms with Gasteiger partial charge in [0.1, 0.15) is 5.75 Å². The lowest BCUT2D eigenvalue weighted by atomic mass is 10.2. The molecule has 0 aliphatic rings. The Kier molecular flexibility index (Phi) is 5.74. The van der Waals surface area contributed by atoms with Gasteiger partial charge in [0.2, 0.25) is 0 Å². The first-order chi connectivity index (χ1) is 11.1. The molecule has 0 aliphatic carbocycles. The van der Waals surface area contributed by atoms with Crippen molar-refractivity contribution in [2.24, 2.45) is 0 Å². The van der Waals surface area contributed by atoms with Gasteiger partial charge in [-0.15, -0.1) is 0 Å². The van der Waals surface area contributed by atoms with Crippen LogP contribution in [0.1, 0.15) is 24.2 Å². The number of hydrogen-bond donors (Lipinski definition) is 1. The first-order valence-electron chi connectivity index (χ1n) is 7.40. The number of carbonyl (C=O) groups excluding carboxylic acids is 2. The van der Waals surface area contributed by atoms with Crippen LogP contribution in [0.15, 0.2) is 54.6 Å². The Morgan fingerprint density at radius 2 is 1.83 bits per heavy atom. The molecule has 5 heteroatoms. The molecule has 1 atom stereocenters. The molecule has 120 valence electrons. The van der Waals surface area contributed by atoms with E-state index in [1.165, 1.54) is 0 Å². The van der Waals surface area contributed by atoms with Crippen LogP contribution in [-0.4, -0.2) is 24.6 Å². The SMILES string of the molecule is CCOC(=O)c1cccc(NC(=O)[C@@H](C)Oc2ccccc2)c1. The van der Waals surface area contributed by atoms with Crippen molar-refractivity contribution in [2.75, 3.05) is 11.9 Å². The molecule has 1 N–H and O–H groups in total. The van der Waals surface area contributed by atoms with E-state index in [0.29, 0.717) is 23.6 Å². The van der Waals surface area contributed by atoms with Crippen LogP contribution in [0.2, 0.25) is 0 Å². The van der Waals surface area contributed by atoms with E-state index in [4.69, 9.17) is 9.47 Å². The van der Waals surface area contributed by atoms with E-state index in [1.807, 2.05) is 18.2 Å². The number of amides is 1. The molecule has 0 fully saturated rings. The zero-order valence-corrected chi connectivity index (χ0v) is 13.1. The van der Waals surface area contributed by atoms with Crippen LogP contribution in [0.4, 0.5) is 5.69 Å². The standard InChI is InChI=1S/C18H19NO4/c1-3-22-18(21)14-8-7-9-15(12-14)19-17(20)13(2)23-16-10-5-4-6-11-16/h4-13H,3H2,1-2H3,(H,19,20)/t13-/m1/s1. The average molecular weight is 313 g/mol. The average Bonchev–Trinajstić information content (AvgIpc) is 2.56. The normalized spacial score (nSPS) is 11.4. The fourth-order valence-corrected chi connectivity index (χ4v) is 1.94. The summed E-state index contributed by atoms with van der Waals surface area (Å²) in [6, 6.07) is 15.7. The highest BCUT2D eigenvalue weighted by Gasteiger charge is 2.15. The molecule has 0 unspecified atom stereocenters. The van der Waals surface area contributed by atoms with E-state index in [0.717, 1.165) is 0 Å². The van der Waals surface area contributed by atoms with Crippen LogP contribution < -0.4 is 10.1 Å². The zero-order valence-electron chi connectivity index (χ0n) is 13.1. The summed E-state index contributed by atoms with van der Waals surface area (Å²) in [7, 11) is 0. The maximum absolute atomic E-state index is 12.2. The summed E-state index contributed by atoms with van der Waals surface area (Å²) >= 11 is 0. The van der Waals surface area contributed by atoms with Crippen LogP contribution in [0.5, 0.6) is 5.75 Å². The minimum absolute atomic E-state index is 0.296. The van der Waals surface area contributed by atoms with Crippen molar-refractivity contribution in [3.05, 3.63) is 60.2 Å². The summed E-state index contributed by atoms with van der Waals surface area (Å²) in [5.41, 5.74) is 0.908. The van der Waals surface area contributed by atoms with Crippen molar-refractivity contribution in [1.82, 2.24) is 0 Å². The van der Waals surface area contributed by atoms with Crippen LogP contribution in [-0.2, 0) is 9.53 Å². The lowest BCUT2D eigenvalue weighted by Gasteiger charge is -2.15. The third-order valence-electron chi connectivity index (χ3n) is 3.07. The lowest BCUT2D eigenvalue weighted by Crippen LogP contribution is -2.30. The van der Waals surface area contributed by atoms with Gasteiger partial charge in [-0.1, -0.05) is 24.3 Å². The fraction of sp³-hybridized carbons (Fsp3) is 0.222. The lowest BCUT2D eigenvalue weighted by molar-refractivity contribution is -0.122. The van der Waals surface area contributed by atoms with Gasteiger partial charge in [-0.25, -0.2) is 4.79 Å². The summed E-state index contributed by atoms with van der Waals surface area (Å²) < 4.78 is 10.5. The maximum atomic E-state index is 12.2. The molecule has 2 aromatic rings. The number of hydrogen-bond acceptors (Lipinski definition) is 4. The molecule has 0 aliphatic heterocycles. The van der Waals surface area contributed by atoms with Gasteiger partial charge in [0.15, 0.2) is 6.10 Å². The largest absolute Gasteiger partial charge is 0.481 e. The monoisotopic (exact) mass is 313 g/mol. The third kappa shape index (κ3) is 4.85. The van der Waals surface area contributed by atoms with Crippen molar-refractivity contribution >= 4 is 17.6 Å². The maximum Gasteiger partial charge on any atom is 0.338 e. The second kappa shape index (κ2) is 7.98. The smallest absolute Gasteiger partial charge is 0.338 e. The molecular weight excluding hydrogens is 294 g/mol. The van der Waals surface area contributed by atoms with Crippen molar-refractivity contribution in [3.63, 3.8) is 0 Å². The molecule has 0 aromatic heterocycles. The van der Waals surface area contributed by atoms with Crippen LogP contribution >= 0.6 is 0 Å². The Hall–Kier alpha value is -2.82. The molecule has 0 heterocycles. The molecule has 0 radical (unpaired) electrons. The molecule has 23 heavy (non-hydrogen) atoms. The van der Waals surface area contributed by atoms with Gasteiger partial charge >= 0.3 is 5.97 Å². The number of para-hydroxylation sites is 1. The summed E-state index contributed by atoms with van der Waals surface area (Å²) in [4.78, 5) is 23.9. The Labute approximate surface area is 135 Å². The van der Waals surface area contributed by atoms with Crippen LogP contribution in [0.25, 0.3) is 0 Å². The quantitative estimate of drug-likeness (QED) is 0.831. The minimum atomic E-state index is -0.663. The van der Waals surface area contributed by atoms with E-state index in [2.05, 4.69) is 5.32 Å². The number of esters is 1. The van der Waals surface area contributed by atoms with Crippen LogP contribution in [0.3, 0.4) is 0 Å². The van der Waals surface area contributed by atoms with Gasteiger partial charge < -0.3 is 14.8 Å². The van der Waals surface area contributed by atoms with E-state index in [-0.39, 0.29) is 5.91 Å². The van der Waals surface area contributed by atoms with Crippen molar-refractivity contribution in [3.8, 4) is 5.75 Å². The number of anilines is 1. The van der Waals surface area contributed by atoms with Crippen LogP contribution in [0, 0.1) is 0 Å². The predicted octanol–water partition coefficient (Wildman–Crippen LogP) is 3.27. The zero-order chi connectivity index (χ0) is 16.7. The highest BCUT2D eigenvalue weighted by Crippen LogP contribution is 2.14. The molecular formula is C18H19NO4. The van der Waals surface area contributed by atoms with Gasteiger partial charge in [0, 0.05) is 5.69 Å². The summed E-state index contributed by atoms with van der Waals surface area (Å²) in [6.07, 6.45) is -0.663. The van der Waals surface area contributed by atoms with Gasteiger partial charge in [-0.2, -0.15) is 0 Å².